The van der Waals surface area contributed by atoms with Gasteiger partial charge in [0.15, 0.2) is 0 Å². The monoisotopic (exact) mass is 388 g/mol. The second kappa shape index (κ2) is 7.35. The Morgan fingerprint density at radius 1 is 1.19 bits per heavy atom. The Balaban J connectivity index is 1.61. The molecule has 0 fully saturated rings. The summed E-state index contributed by atoms with van der Waals surface area (Å²) in [7, 11) is 0. The van der Waals surface area contributed by atoms with E-state index in [1.807, 2.05) is 30.3 Å². The first kappa shape index (κ1) is 16.9. The van der Waals surface area contributed by atoms with Crippen LogP contribution in [-0.4, -0.2) is 27.1 Å². The van der Waals surface area contributed by atoms with Gasteiger partial charge in [-0.2, -0.15) is 5.10 Å². The van der Waals surface area contributed by atoms with Crippen LogP contribution in [0.15, 0.2) is 60.3 Å². The Morgan fingerprint density at radius 3 is 2.88 bits per heavy atom. The second-order valence-electron chi connectivity index (χ2n) is 5.70. The van der Waals surface area contributed by atoms with E-state index in [1.165, 1.54) is 6.33 Å². The van der Waals surface area contributed by atoms with E-state index in [1.54, 1.807) is 23.1 Å². The summed E-state index contributed by atoms with van der Waals surface area (Å²) in [6.07, 6.45) is 3.12. The number of nitrogens with zero attached hydrogens (tertiary/aromatic N) is 4. The van der Waals surface area contributed by atoms with Crippen LogP contribution in [0.5, 0.6) is 5.75 Å². The maximum Gasteiger partial charge on any atom is 0.142 e. The summed E-state index contributed by atoms with van der Waals surface area (Å²) in [6.45, 7) is 0.669. The van der Waals surface area contributed by atoms with Gasteiger partial charge < -0.3 is 9.57 Å². The van der Waals surface area contributed by atoms with Gasteiger partial charge in [-0.1, -0.05) is 46.6 Å². The largest absolute Gasteiger partial charge is 0.490 e. The lowest BCUT2D eigenvalue weighted by molar-refractivity contribution is 0.127. The molecule has 0 radical (unpaired) electrons. The summed E-state index contributed by atoms with van der Waals surface area (Å²) in [5.74, 6) is 0.765. The van der Waals surface area contributed by atoms with E-state index in [-0.39, 0.29) is 12.6 Å². The smallest absolute Gasteiger partial charge is 0.142 e. The highest BCUT2D eigenvalue weighted by Gasteiger charge is 2.29. The summed E-state index contributed by atoms with van der Waals surface area (Å²) in [4.78, 5) is 9.62. The highest BCUT2D eigenvalue weighted by molar-refractivity contribution is 6.42. The van der Waals surface area contributed by atoms with Crippen molar-refractivity contribution in [3.8, 4) is 5.75 Å². The molecule has 1 aliphatic heterocycles. The molecule has 0 amide bonds. The number of ether oxygens (including phenoxy) is 1. The van der Waals surface area contributed by atoms with E-state index in [0.29, 0.717) is 16.7 Å². The van der Waals surface area contributed by atoms with Crippen molar-refractivity contribution in [1.82, 2.24) is 14.8 Å². The number of rotatable bonds is 4. The van der Waals surface area contributed by atoms with Crippen molar-refractivity contribution in [3.63, 3.8) is 0 Å². The summed E-state index contributed by atoms with van der Waals surface area (Å²) in [6, 6.07) is 12.8. The Labute approximate surface area is 160 Å². The molecule has 0 saturated carbocycles. The zero-order chi connectivity index (χ0) is 17.9. The van der Waals surface area contributed by atoms with Crippen LogP contribution in [-0.2, 0) is 11.4 Å². The van der Waals surface area contributed by atoms with Gasteiger partial charge in [0, 0.05) is 5.56 Å². The lowest BCUT2D eigenvalue weighted by atomic mass is 10.0. The first-order valence-electron chi connectivity index (χ1n) is 7.92. The van der Waals surface area contributed by atoms with Gasteiger partial charge in [0.05, 0.1) is 10.0 Å². The molecule has 0 aliphatic carbocycles. The fourth-order valence-corrected chi connectivity index (χ4v) is 3.05. The minimum absolute atomic E-state index is 0.221. The zero-order valence-corrected chi connectivity index (χ0v) is 15.1. The van der Waals surface area contributed by atoms with E-state index < -0.39 is 0 Å². The highest BCUT2D eigenvalue weighted by Crippen LogP contribution is 2.30. The Hall–Kier alpha value is -2.57. The molecule has 2 aromatic carbocycles. The van der Waals surface area contributed by atoms with Crippen LogP contribution < -0.4 is 4.74 Å². The molecule has 6 nitrogen and oxygen atoms in total. The van der Waals surface area contributed by atoms with Crippen LogP contribution in [0.4, 0.5) is 0 Å². The maximum atomic E-state index is 6.04. The summed E-state index contributed by atoms with van der Waals surface area (Å²) >= 11 is 12.0. The van der Waals surface area contributed by atoms with Crippen LogP contribution >= 0.6 is 23.2 Å². The van der Waals surface area contributed by atoms with Crippen LogP contribution in [0, 0.1) is 0 Å². The molecule has 1 aliphatic rings. The summed E-state index contributed by atoms with van der Waals surface area (Å²) < 4.78 is 7.53. The number of hydrogen-bond acceptors (Lipinski definition) is 5. The molecule has 2 heterocycles. The van der Waals surface area contributed by atoms with Crippen LogP contribution in [0.2, 0.25) is 10.0 Å². The second-order valence-corrected chi connectivity index (χ2v) is 6.51. The first-order valence-corrected chi connectivity index (χ1v) is 8.68. The molecule has 0 N–H and O–H groups in total. The quantitative estimate of drug-likeness (QED) is 0.630. The molecule has 1 aromatic heterocycles. The van der Waals surface area contributed by atoms with Gasteiger partial charge in [-0.05, 0) is 29.8 Å². The van der Waals surface area contributed by atoms with Crippen molar-refractivity contribution in [2.75, 3.05) is 6.61 Å². The molecule has 3 aromatic rings. The fraction of sp³-hybridized carbons (Fsp3) is 0.167. The number of para-hydroxylation sites is 1. The topological polar surface area (TPSA) is 61.5 Å². The molecule has 26 heavy (non-hydrogen) atoms. The number of benzene rings is 2. The van der Waals surface area contributed by atoms with Gasteiger partial charge >= 0.3 is 0 Å². The van der Waals surface area contributed by atoms with E-state index in [0.717, 1.165) is 22.6 Å². The fourth-order valence-electron chi connectivity index (χ4n) is 2.73. The van der Waals surface area contributed by atoms with Crippen molar-refractivity contribution in [2.24, 2.45) is 5.16 Å². The Morgan fingerprint density at radius 2 is 2.08 bits per heavy atom. The van der Waals surface area contributed by atoms with Crippen molar-refractivity contribution < 1.29 is 9.57 Å². The molecule has 1 unspecified atom stereocenters. The normalized spacial score (nSPS) is 17.6. The predicted molar refractivity (Wildman–Crippen MR) is 98.8 cm³/mol. The minimum atomic E-state index is -0.221. The van der Waals surface area contributed by atoms with E-state index in [4.69, 9.17) is 32.8 Å². The minimum Gasteiger partial charge on any atom is -0.490 e. The van der Waals surface area contributed by atoms with Gasteiger partial charge in [0.2, 0.25) is 0 Å². The lowest BCUT2D eigenvalue weighted by Crippen LogP contribution is -2.31. The predicted octanol–water partition coefficient (Wildman–Crippen LogP) is 4.14. The van der Waals surface area contributed by atoms with Crippen LogP contribution in [0.3, 0.4) is 0 Å². The summed E-state index contributed by atoms with van der Waals surface area (Å²) in [5.41, 5.74) is 2.48. The van der Waals surface area contributed by atoms with Gasteiger partial charge in [-0.3, -0.25) is 0 Å². The Bertz CT molecular complexity index is 944. The van der Waals surface area contributed by atoms with Crippen molar-refractivity contribution in [3.05, 3.63) is 76.3 Å². The zero-order valence-electron chi connectivity index (χ0n) is 13.5. The number of aromatic nitrogens is 3. The molecule has 8 heteroatoms. The molecule has 4 rings (SSSR count). The van der Waals surface area contributed by atoms with E-state index in [9.17, 15) is 0 Å². The van der Waals surface area contributed by atoms with Crippen LogP contribution in [0.1, 0.15) is 17.2 Å². The average molecular weight is 389 g/mol. The third-order valence-corrected chi connectivity index (χ3v) is 4.75. The standard InChI is InChI=1S/C18H14Cl2N4O2/c19-14-6-5-12(7-15(14)20)8-26-23-18-13-3-1-2-4-17(13)25-9-16(18)24-11-21-10-22-24/h1-7,10-11,16H,8-9H2/b23-18-. The molecule has 0 saturated heterocycles. The van der Waals surface area contributed by atoms with Crippen LogP contribution in [0.25, 0.3) is 0 Å². The van der Waals surface area contributed by atoms with Gasteiger partial charge in [-0.25, -0.2) is 9.67 Å². The molecule has 0 bridgehead atoms. The van der Waals surface area contributed by atoms with Crippen molar-refractivity contribution in [1.29, 1.82) is 0 Å². The number of fused-ring (bicyclic) bond motifs is 1. The summed E-state index contributed by atoms with van der Waals surface area (Å²) in [5, 5.41) is 9.58. The van der Waals surface area contributed by atoms with Gasteiger partial charge in [0.25, 0.3) is 0 Å². The van der Waals surface area contributed by atoms with E-state index in [2.05, 4.69) is 15.2 Å². The molecular weight excluding hydrogens is 375 g/mol. The molecular formula is C18H14Cl2N4O2. The number of halogens is 2. The average Bonchev–Trinajstić information content (AvgIpc) is 3.19. The molecule has 132 valence electrons. The third-order valence-electron chi connectivity index (χ3n) is 4.01. The first-order chi connectivity index (χ1) is 12.7. The third kappa shape index (κ3) is 3.38. The SMILES string of the molecule is Clc1ccc(CO/N=C2/c3ccccc3OCC2n2cncn2)cc1Cl. The maximum absolute atomic E-state index is 6.04. The lowest BCUT2D eigenvalue weighted by Gasteiger charge is -2.26. The molecule has 0 spiro atoms. The Kier molecular flexibility index (Phi) is 4.77. The number of oxime groups is 1. The van der Waals surface area contributed by atoms with Gasteiger partial charge in [-0.15, -0.1) is 0 Å². The number of hydrogen-bond donors (Lipinski definition) is 0. The van der Waals surface area contributed by atoms with Crippen molar-refractivity contribution >= 4 is 28.9 Å². The highest BCUT2D eigenvalue weighted by atomic mass is 35.5. The van der Waals surface area contributed by atoms with Gasteiger partial charge in [0.1, 0.15) is 43.4 Å². The van der Waals surface area contributed by atoms with Crippen molar-refractivity contribution in [2.45, 2.75) is 12.6 Å². The van der Waals surface area contributed by atoms with E-state index >= 15 is 0 Å². The molecule has 1 atom stereocenters.